The molecule has 1 aliphatic rings. The Hall–Kier alpha value is -2.15. The van der Waals surface area contributed by atoms with Crippen molar-refractivity contribution in [2.24, 2.45) is 0 Å². The predicted octanol–water partition coefficient (Wildman–Crippen LogP) is 4.79. The van der Waals surface area contributed by atoms with Gasteiger partial charge in [0.1, 0.15) is 0 Å². The molecule has 0 amide bonds. The maximum absolute atomic E-state index is 4.49. The summed E-state index contributed by atoms with van der Waals surface area (Å²) in [5.74, 6) is 0. The minimum atomic E-state index is 1.06. The topological polar surface area (TPSA) is 12.9 Å². The van der Waals surface area contributed by atoms with Crippen LogP contribution in [0.2, 0.25) is 0 Å². The molecule has 0 N–H and O–H groups in total. The highest BCUT2D eigenvalue weighted by atomic mass is 14.7. The van der Waals surface area contributed by atoms with Gasteiger partial charge in [-0.15, -0.1) is 0 Å². The molecule has 0 unspecified atom stereocenters. The molecule has 1 nitrogen and oxygen atoms in total. The van der Waals surface area contributed by atoms with Crippen LogP contribution in [0.5, 0.6) is 0 Å². The summed E-state index contributed by atoms with van der Waals surface area (Å²) in [5, 5.41) is 0. The first-order valence-corrected chi connectivity index (χ1v) is 6.73. The normalized spacial score (nSPS) is 14.3. The van der Waals surface area contributed by atoms with Gasteiger partial charge < -0.3 is 0 Å². The van der Waals surface area contributed by atoms with Crippen LogP contribution in [-0.4, -0.2) is 4.98 Å². The van der Waals surface area contributed by atoms with E-state index in [9.17, 15) is 0 Å². The molecule has 1 heterocycles. The maximum atomic E-state index is 4.49. The minimum Gasteiger partial charge on any atom is -0.256 e. The van der Waals surface area contributed by atoms with Crippen molar-refractivity contribution in [3.05, 3.63) is 72.1 Å². The van der Waals surface area contributed by atoms with E-state index < -0.39 is 0 Å². The Bertz CT molecular complexity index is 633. The van der Waals surface area contributed by atoms with Crippen molar-refractivity contribution in [2.75, 3.05) is 0 Å². The van der Waals surface area contributed by atoms with E-state index in [1.54, 1.807) is 0 Å². The standard InChI is InChI=1S/C18H17N/c1-14-7-9-15(10-8-14)17-11-12-19-18(13-17)16-5-3-2-4-6-16/h3,5-13H,2,4H2,1H3. The summed E-state index contributed by atoms with van der Waals surface area (Å²) in [6.45, 7) is 2.11. The van der Waals surface area contributed by atoms with Crippen molar-refractivity contribution in [1.29, 1.82) is 0 Å². The van der Waals surface area contributed by atoms with Crippen LogP contribution in [0.1, 0.15) is 24.1 Å². The molecule has 0 saturated heterocycles. The first-order chi connectivity index (χ1) is 9.33. The Morgan fingerprint density at radius 3 is 2.53 bits per heavy atom. The van der Waals surface area contributed by atoms with E-state index in [1.165, 1.54) is 22.3 Å². The van der Waals surface area contributed by atoms with E-state index in [0.717, 1.165) is 18.5 Å². The number of aryl methyl sites for hydroxylation is 1. The van der Waals surface area contributed by atoms with Crippen LogP contribution in [0.25, 0.3) is 16.7 Å². The molecule has 2 aromatic rings. The quantitative estimate of drug-likeness (QED) is 0.743. The molecule has 94 valence electrons. The van der Waals surface area contributed by atoms with Crippen molar-refractivity contribution in [1.82, 2.24) is 4.98 Å². The summed E-state index contributed by atoms with van der Waals surface area (Å²) in [7, 11) is 0. The number of rotatable bonds is 2. The number of hydrogen-bond donors (Lipinski definition) is 0. The lowest BCUT2D eigenvalue weighted by Crippen LogP contribution is -1.91. The van der Waals surface area contributed by atoms with Gasteiger partial charge in [0.05, 0.1) is 5.69 Å². The molecule has 0 radical (unpaired) electrons. The maximum Gasteiger partial charge on any atom is 0.0704 e. The number of benzene rings is 1. The third kappa shape index (κ3) is 2.65. The summed E-state index contributed by atoms with van der Waals surface area (Å²) < 4.78 is 0. The number of pyridine rings is 1. The highest BCUT2D eigenvalue weighted by Crippen LogP contribution is 2.25. The summed E-state index contributed by atoms with van der Waals surface area (Å²) in [6, 6.07) is 12.9. The average molecular weight is 247 g/mol. The van der Waals surface area contributed by atoms with Crippen LogP contribution in [0, 0.1) is 6.92 Å². The molecular formula is C18H17N. The van der Waals surface area contributed by atoms with Gasteiger partial charge in [0.25, 0.3) is 0 Å². The molecule has 19 heavy (non-hydrogen) atoms. The molecule has 0 bridgehead atoms. The molecule has 0 saturated carbocycles. The molecule has 1 aliphatic carbocycles. The molecule has 1 aromatic heterocycles. The minimum absolute atomic E-state index is 1.06. The van der Waals surface area contributed by atoms with E-state index in [1.807, 2.05) is 6.20 Å². The van der Waals surface area contributed by atoms with Gasteiger partial charge in [0, 0.05) is 6.20 Å². The fraction of sp³-hybridized carbons (Fsp3) is 0.167. The number of aromatic nitrogens is 1. The lowest BCUT2D eigenvalue weighted by Gasteiger charge is -2.08. The zero-order chi connectivity index (χ0) is 13.1. The Labute approximate surface area is 114 Å². The smallest absolute Gasteiger partial charge is 0.0704 e. The van der Waals surface area contributed by atoms with Crippen molar-refractivity contribution in [3.63, 3.8) is 0 Å². The largest absolute Gasteiger partial charge is 0.256 e. The van der Waals surface area contributed by atoms with E-state index in [2.05, 4.69) is 66.5 Å². The summed E-state index contributed by atoms with van der Waals surface area (Å²) in [4.78, 5) is 4.49. The molecule has 0 aliphatic heterocycles. The lowest BCUT2D eigenvalue weighted by molar-refractivity contribution is 1.04. The Morgan fingerprint density at radius 1 is 0.947 bits per heavy atom. The van der Waals surface area contributed by atoms with Crippen molar-refractivity contribution >= 4 is 5.57 Å². The average Bonchev–Trinajstić information content (AvgIpc) is 2.49. The second kappa shape index (κ2) is 5.23. The van der Waals surface area contributed by atoms with Gasteiger partial charge in [-0.05, 0) is 48.6 Å². The van der Waals surface area contributed by atoms with Gasteiger partial charge >= 0.3 is 0 Å². The lowest BCUT2D eigenvalue weighted by atomic mass is 10.00. The van der Waals surface area contributed by atoms with Crippen molar-refractivity contribution in [2.45, 2.75) is 19.8 Å². The summed E-state index contributed by atoms with van der Waals surface area (Å²) in [6.07, 6.45) is 10.8. The zero-order valence-electron chi connectivity index (χ0n) is 11.1. The van der Waals surface area contributed by atoms with Gasteiger partial charge in [-0.3, -0.25) is 4.98 Å². The van der Waals surface area contributed by atoms with E-state index >= 15 is 0 Å². The first-order valence-electron chi connectivity index (χ1n) is 6.73. The fourth-order valence-electron chi connectivity index (χ4n) is 2.32. The van der Waals surface area contributed by atoms with Crippen molar-refractivity contribution < 1.29 is 0 Å². The molecule has 0 spiro atoms. The second-order valence-electron chi connectivity index (χ2n) is 4.93. The first kappa shape index (κ1) is 11.9. The van der Waals surface area contributed by atoms with Crippen LogP contribution >= 0.6 is 0 Å². The van der Waals surface area contributed by atoms with Crippen LogP contribution < -0.4 is 0 Å². The zero-order valence-corrected chi connectivity index (χ0v) is 11.1. The van der Waals surface area contributed by atoms with Crippen LogP contribution in [0.3, 0.4) is 0 Å². The molecule has 3 rings (SSSR count). The van der Waals surface area contributed by atoms with Crippen LogP contribution in [0.15, 0.2) is 60.8 Å². The van der Waals surface area contributed by atoms with E-state index in [4.69, 9.17) is 0 Å². The van der Waals surface area contributed by atoms with Gasteiger partial charge in [-0.25, -0.2) is 0 Å². The monoisotopic (exact) mass is 247 g/mol. The Kier molecular flexibility index (Phi) is 3.28. The molecule has 1 aromatic carbocycles. The molecule has 0 atom stereocenters. The third-order valence-corrected chi connectivity index (χ3v) is 3.44. The van der Waals surface area contributed by atoms with Gasteiger partial charge in [0.2, 0.25) is 0 Å². The van der Waals surface area contributed by atoms with E-state index in [0.29, 0.717) is 0 Å². The molecule has 1 heteroatoms. The second-order valence-corrected chi connectivity index (χ2v) is 4.93. The molecular weight excluding hydrogens is 230 g/mol. The highest BCUT2D eigenvalue weighted by molar-refractivity contribution is 5.76. The Balaban J connectivity index is 1.98. The summed E-state index contributed by atoms with van der Waals surface area (Å²) >= 11 is 0. The van der Waals surface area contributed by atoms with Gasteiger partial charge in [0.15, 0.2) is 0 Å². The number of allylic oxidation sites excluding steroid dienone is 4. The van der Waals surface area contributed by atoms with Gasteiger partial charge in [-0.2, -0.15) is 0 Å². The van der Waals surface area contributed by atoms with Crippen molar-refractivity contribution in [3.8, 4) is 11.1 Å². The fourth-order valence-corrected chi connectivity index (χ4v) is 2.32. The van der Waals surface area contributed by atoms with Crippen LogP contribution in [-0.2, 0) is 0 Å². The highest BCUT2D eigenvalue weighted by Gasteiger charge is 2.05. The van der Waals surface area contributed by atoms with Gasteiger partial charge in [-0.1, -0.05) is 48.1 Å². The third-order valence-electron chi connectivity index (χ3n) is 3.44. The number of nitrogens with zero attached hydrogens (tertiary/aromatic N) is 1. The Morgan fingerprint density at radius 2 is 1.79 bits per heavy atom. The van der Waals surface area contributed by atoms with Crippen LogP contribution in [0.4, 0.5) is 0 Å². The summed E-state index contributed by atoms with van der Waals surface area (Å²) in [5.41, 5.74) is 6.06. The SMILES string of the molecule is Cc1ccc(-c2ccnc(C3=CCCC=C3)c2)cc1. The number of hydrogen-bond acceptors (Lipinski definition) is 1. The van der Waals surface area contributed by atoms with E-state index in [-0.39, 0.29) is 0 Å². The predicted molar refractivity (Wildman–Crippen MR) is 80.8 cm³/mol. The molecule has 0 fully saturated rings.